The van der Waals surface area contributed by atoms with Crippen molar-refractivity contribution < 1.29 is 14.3 Å². The highest BCUT2D eigenvalue weighted by Crippen LogP contribution is 2.25. The topological polar surface area (TPSA) is 43.4 Å². The summed E-state index contributed by atoms with van der Waals surface area (Å²) in [5.74, 6) is 0.415. The molecule has 3 nitrogen and oxygen atoms in total. The number of methoxy groups -OCH3 is 1. The van der Waals surface area contributed by atoms with E-state index in [-0.39, 0.29) is 17.1 Å². The molecule has 1 aliphatic carbocycles. The summed E-state index contributed by atoms with van der Waals surface area (Å²) < 4.78 is 5.12. The summed E-state index contributed by atoms with van der Waals surface area (Å²) in [7, 11) is 1.65. The predicted molar refractivity (Wildman–Crippen MR) is 113 cm³/mol. The third-order valence-corrected chi connectivity index (χ3v) is 4.24. The first-order chi connectivity index (χ1) is 13.7. The highest BCUT2D eigenvalue weighted by atomic mass is 16.5. The molecule has 0 saturated carbocycles. The zero-order chi connectivity index (χ0) is 19.8. The van der Waals surface area contributed by atoms with Crippen LogP contribution in [0.15, 0.2) is 103 Å². The summed E-state index contributed by atoms with van der Waals surface area (Å²) in [5.41, 5.74) is 2.26. The second-order valence-electron chi connectivity index (χ2n) is 6.07. The van der Waals surface area contributed by atoms with E-state index in [9.17, 15) is 9.59 Å². The van der Waals surface area contributed by atoms with Gasteiger partial charge in [0.05, 0.1) is 12.7 Å². The van der Waals surface area contributed by atoms with Crippen LogP contribution in [0.2, 0.25) is 0 Å². The van der Waals surface area contributed by atoms with Gasteiger partial charge in [-0.05, 0) is 23.8 Å². The zero-order valence-corrected chi connectivity index (χ0v) is 15.5. The summed E-state index contributed by atoms with van der Waals surface area (Å²) >= 11 is 0. The van der Waals surface area contributed by atoms with E-state index < -0.39 is 0 Å². The molecule has 0 atom stereocenters. The van der Waals surface area contributed by atoms with Crippen molar-refractivity contribution in [1.82, 2.24) is 0 Å². The van der Waals surface area contributed by atoms with E-state index in [1.165, 1.54) is 0 Å². The number of benzene rings is 2. The first kappa shape index (κ1) is 19.1. The molecule has 0 bridgehead atoms. The Labute approximate surface area is 164 Å². The monoisotopic (exact) mass is 368 g/mol. The summed E-state index contributed by atoms with van der Waals surface area (Å²) in [5, 5.41) is 0. The maximum Gasteiger partial charge on any atom is 0.197 e. The molecule has 138 valence electrons. The second kappa shape index (κ2) is 9.28. The number of ketones is 2. The minimum atomic E-state index is -0.210. The standard InChI is InChI=1S/C25H20O3/c1-28-20-17-15-19(16-18-20)11-7-5-3-2-4-6-8-14-23-24(26)21-12-9-10-13-22(21)25(23)27/h2-18H,1H3/b4-2+,5-3+,8-6+,11-7+. The van der Waals surface area contributed by atoms with Crippen molar-refractivity contribution in [1.29, 1.82) is 0 Å². The Kier molecular flexibility index (Phi) is 6.32. The van der Waals surface area contributed by atoms with Gasteiger partial charge in [-0.15, -0.1) is 0 Å². The van der Waals surface area contributed by atoms with Gasteiger partial charge in [0, 0.05) is 11.1 Å². The molecule has 0 N–H and O–H groups in total. The van der Waals surface area contributed by atoms with Crippen molar-refractivity contribution in [3.05, 3.63) is 119 Å². The lowest BCUT2D eigenvalue weighted by Gasteiger charge is -1.98. The molecule has 0 spiro atoms. The molecule has 28 heavy (non-hydrogen) atoms. The van der Waals surface area contributed by atoms with Crippen LogP contribution in [-0.2, 0) is 0 Å². The van der Waals surface area contributed by atoms with Crippen LogP contribution in [0.4, 0.5) is 0 Å². The van der Waals surface area contributed by atoms with E-state index in [4.69, 9.17) is 4.74 Å². The lowest BCUT2D eigenvalue weighted by Crippen LogP contribution is -1.99. The van der Waals surface area contributed by atoms with E-state index in [0.717, 1.165) is 11.3 Å². The van der Waals surface area contributed by atoms with Crippen LogP contribution in [0.3, 0.4) is 0 Å². The molecular formula is C25H20O3. The number of hydrogen-bond donors (Lipinski definition) is 0. The number of carbonyl (C=O) groups is 2. The fraction of sp³-hybridized carbons (Fsp3) is 0.0400. The Balaban J connectivity index is 1.52. The summed E-state index contributed by atoms with van der Waals surface area (Å²) in [6.07, 6.45) is 16.5. The zero-order valence-electron chi connectivity index (χ0n) is 15.5. The lowest BCUT2D eigenvalue weighted by atomic mass is 10.1. The number of carbonyl (C=O) groups excluding carboxylic acids is 2. The van der Waals surface area contributed by atoms with Crippen molar-refractivity contribution >= 4 is 17.6 Å². The van der Waals surface area contributed by atoms with Crippen LogP contribution in [0, 0.1) is 0 Å². The predicted octanol–water partition coefficient (Wildman–Crippen LogP) is 5.38. The van der Waals surface area contributed by atoms with Gasteiger partial charge in [-0.25, -0.2) is 0 Å². The maximum absolute atomic E-state index is 12.2. The lowest BCUT2D eigenvalue weighted by molar-refractivity contribution is 0.0989. The number of allylic oxidation sites excluding steroid dienone is 9. The number of rotatable bonds is 6. The molecule has 2 aromatic carbocycles. The van der Waals surface area contributed by atoms with Gasteiger partial charge in [0.2, 0.25) is 0 Å². The first-order valence-electron chi connectivity index (χ1n) is 8.91. The molecule has 0 radical (unpaired) electrons. The molecule has 0 amide bonds. The minimum Gasteiger partial charge on any atom is -0.497 e. The molecule has 3 rings (SSSR count). The van der Waals surface area contributed by atoms with Crippen molar-refractivity contribution in [3.63, 3.8) is 0 Å². The average molecular weight is 368 g/mol. The van der Waals surface area contributed by atoms with Gasteiger partial charge in [0.15, 0.2) is 11.6 Å². The molecule has 0 fully saturated rings. The molecule has 0 aromatic heterocycles. The van der Waals surface area contributed by atoms with Gasteiger partial charge < -0.3 is 4.74 Å². The van der Waals surface area contributed by atoms with E-state index in [0.29, 0.717) is 11.1 Å². The smallest absolute Gasteiger partial charge is 0.197 e. The summed E-state index contributed by atoms with van der Waals surface area (Å²) in [4.78, 5) is 24.5. The fourth-order valence-corrected chi connectivity index (χ4v) is 2.78. The van der Waals surface area contributed by atoms with Crippen LogP contribution in [0.5, 0.6) is 5.75 Å². The SMILES string of the molecule is COc1ccc(/C=C/C=C/C=C/C=C/C=C2C(=O)c3ccccc3C2=O)cc1. The third-order valence-electron chi connectivity index (χ3n) is 4.24. The average Bonchev–Trinajstić information content (AvgIpc) is 2.98. The number of ether oxygens (including phenoxy) is 1. The normalized spacial score (nSPS) is 14.1. The van der Waals surface area contributed by atoms with Gasteiger partial charge >= 0.3 is 0 Å². The molecule has 0 saturated heterocycles. The Bertz CT molecular complexity index is 979. The van der Waals surface area contributed by atoms with Gasteiger partial charge in [-0.2, -0.15) is 0 Å². The molecule has 0 unspecified atom stereocenters. The van der Waals surface area contributed by atoms with Crippen molar-refractivity contribution in [2.24, 2.45) is 0 Å². The Morgan fingerprint density at radius 2 is 1.21 bits per heavy atom. The van der Waals surface area contributed by atoms with Crippen LogP contribution >= 0.6 is 0 Å². The minimum absolute atomic E-state index is 0.210. The Hall–Kier alpha value is -3.72. The van der Waals surface area contributed by atoms with Crippen LogP contribution in [0.1, 0.15) is 26.3 Å². The molecule has 1 aliphatic rings. The first-order valence-corrected chi connectivity index (χ1v) is 8.91. The van der Waals surface area contributed by atoms with Gasteiger partial charge in [-0.1, -0.05) is 85.0 Å². The highest BCUT2D eigenvalue weighted by Gasteiger charge is 2.31. The van der Waals surface area contributed by atoms with Crippen LogP contribution in [-0.4, -0.2) is 18.7 Å². The summed E-state index contributed by atoms with van der Waals surface area (Å²) in [6.45, 7) is 0. The van der Waals surface area contributed by atoms with Gasteiger partial charge in [0.1, 0.15) is 5.75 Å². The van der Waals surface area contributed by atoms with Gasteiger partial charge in [-0.3, -0.25) is 9.59 Å². The van der Waals surface area contributed by atoms with Gasteiger partial charge in [0.25, 0.3) is 0 Å². The Morgan fingerprint density at radius 1 is 0.679 bits per heavy atom. The quantitative estimate of drug-likeness (QED) is 0.390. The van der Waals surface area contributed by atoms with E-state index >= 15 is 0 Å². The van der Waals surface area contributed by atoms with Crippen molar-refractivity contribution in [2.45, 2.75) is 0 Å². The third kappa shape index (κ3) is 4.51. The second-order valence-corrected chi connectivity index (χ2v) is 6.07. The number of Topliss-reactive ketones (excluding diaryl/α,β-unsaturated/α-hetero) is 2. The maximum atomic E-state index is 12.2. The van der Waals surface area contributed by atoms with Crippen LogP contribution < -0.4 is 4.74 Å². The molecule has 0 heterocycles. The number of hydrogen-bond acceptors (Lipinski definition) is 3. The van der Waals surface area contributed by atoms with Crippen LogP contribution in [0.25, 0.3) is 6.08 Å². The molecule has 0 aliphatic heterocycles. The highest BCUT2D eigenvalue weighted by molar-refractivity contribution is 6.39. The van der Waals surface area contributed by atoms with E-state index in [2.05, 4.69) is 0 Å². The van der Waals surface area contributed by atoms with Crippen molar-refractivity contribution in [3.8, 4) is 5.75 Å². The van der Waals surface area contributed by atoms with E-state index in [1.54, 1.807) is 49.6 Å². The van der Waals surface area contributed by atoms with E-state index in [1.807, 2.05) is 60.7 Å². The number of fused-ring (bicyclic) bond motifs is 1. The Morgan fingerprint density at radius 3 is 1.79 bits per heavy atom. The molecule has 3 heteroatoms. The molecule has 2 aromatic rings. The van der Waals surface area contributed by atoms with Crippen molar-refractivity contribution in [2.75, 3.05) is 7.11 Å². The summed E-state index contributed by atoms with van der Waals surface area (Å²) in [6, 6.07) is 14.7. The molecular weight excluding hydrogens is 348 g/mol. The fourth-order valence-electron chi connectivity index (χ4n) is 2.78. The largest absolute Gasteiger partial charge is 0.497 e.